The number of alkyl halides is 3. The van der Waals surface area contributed by atoms with Gasteiger partial charge < -0.3 is 14.4 Å². The van der Waals surface area contributed by atoms with Gasteiger partial charge in [0.2, 0.25) is 5.88 Å². The second kappa shape index (κ2) is 8.99. The Bertz CT molecular complexity index is 938. The summed E-state index contributed by atoms with van der Waals surface area (Å²) in [5.41, 5.74) is 0.765. The van der Waals surface area contributed by atoms with E-state index in [1.165, 1.54) is 11.6 Å². The highest BCUT2D eigenvalue weighted by Crippen LogP contribution is 2.30. The number of carbonyl (C=O) groups excluding carboxylic acids is 1. The van der Waals surface area contributed by atoms with E-state index in [-0.39, 0.29) is 12.0 Å². The zero-order valence-corrected chi connectivity index (χ0v) is 17.7. The lowest BCUT2D eigenvalue weighted by Crippen LogP contribution is -2.40. The van der Waals surface area contributed by atoms with Crippen molar-refractivity contribution >= 4 is 12.2 Å². The van der Waals surface area contributed by atoms with Crippen molar-refractivity contribution in [1.82, 2.24) is 9.88 Å². The maximum Gasteiger partial charge on any atom is 0.417 e. The Morgan fingerprint density at radius 1 is 1.10 bits per heavy atom. The summed E-state index contributed by atoms with van der Waals surface area (Å²) in [6.45, 7) is 6.71. The molecule has 0 unspecified atom stereocenters. The van der Waals surface area contributed by atoms with Crippen molar-refractivity contribution in [2.75, 3.05) is 13.1 Å². The minimum absolute atomic E-state index is 0.0865. The lowest BCUT2D eigenvalue weighted by molar-refractivity contribution is -0.137. The third kappa shape index (κ3) is 6.73. The van der Waals surface area contributed by atoms with Crippen molar-refractivity contribution in [2.24, 2.45) is 0 Å². The molecule has 8 heteroatoms. The first-order valence-electron chi connectivity index (χ1n) is 9.98. The lowest BCUT2D eigenvalue weighted by Gasteiger charge is -2.31. The SMILES string of the molecule is CC(C)(C)OC(=O)N1CCC(=Cc2cccc(Oc3ccc(C(F)(F)F)cn3)c2)CC1. The van der Waals surface area contributed by atoms with Crippen LogP contribution in [-0.4, -0.2) is 34.7 Å². The maximum atomic E-state index is 12.6. The second-order valence-electron chi connectivity index (χ2n) is 8.33. The van der Waals surface area contributed by atoms with E-state index in [4.69, 9.17) is 9.47 Å². The second-order valence-corrected chi connectivity index (χ2v) is 8.33. The van der Waals surface area contributed by atoms with Crippen LogP contribution in [0, 0.1) is 0 Å². The Morgan fingerprint density at radius 2 is 1.81 bits per heavy atom. The molecular formula is C23H25F3N2O3. The van der Waals surface area contributed by atoms with E-state index >= 15 is 0 Å². The molecule has 1 saturated heterocycles. The molecule has 2 aromatic rings. The van der Waals surface area contributed by atoms with E-state index in [9.17, 15) is 18.0 Å². The van der Waals surface area contributed by atoms with Gasteiger partial charge in [-0.05, 0) is 57.4 Å². The summed E-state index contributed by atoms with van der Waals surface area (Å²) in [6.07, 6.45) is -0.461. The molecule has 1 fully saturated rings. The maximum absolute atomic E-state index is 12.6. The summed E-state index contributed by atoms with van der Waals surface area (Å²) >= 11 is 0. The summed E-state index contributed by atoms with van der Waals surface area (Å²) in [7, 11) is 0. The Labute approximate surface area is 179 Å². The van der Waals surface area contributed by atoms with E-state index < -0.39 is 17.3 Å². The molecule has 1 aromatic heterocycles. The van der Waals surface area contributed by atoms with E-state index in [2.05, 4.69) is 4.98 Å². The number of hydrogen-bond donors (Lipinski definition) is 0. The van der Waals surface area contributed by atoms with Gasteiger partial charge >= 0.3 is 12.3 Å². The normalized spacial score (nSPS) is 14.9. The number of hydrogen-bond acceptors (Lipinski definition) is 4. The number of likely N-dealkylation sites (tertiary alicyclic amines) is 1. The van der Waals surface area contributed by atoms with Crippen molar-refractivity contribution in [2.45, 2.75) is 45.4 Å². The number of amides is 1. The van der Waals surface area contributed by atoms with Gasteiger partial charge in [-0.3, -0.25) is 0 Å². The number of piperidine rings is 1. The zero-order chi connectivity index (χ0) is 22.6. The summed E-state index contributed by atoms with van der Waals surface area (Å²) in [6, 6.07) is 9.37. The van der Waals surface area contributed by atoms with Crippen LogP contribution in [0.2, 0.25) is 0 Å². The smallest absolute Gasteiger partial charge is 0.417 e. The molecule has 1 aliphatic heterocycles. The molecule has 0 atom stereocenters. The van der Waals surface area contributed by atoms with Crippen LogP contribution in [0.1, 0.15) is 44.7 Å². The standard InChI is InChI=1S/C23H25F3N2O3/c1-22(2,3)31-21(29)28-11-9-16(10-12-28)13-17-5-4-6-19(14-17)30-20-8-7-18(15-27-20)23(24,25)26/h4-8,13-15H,9-12H2,1-3H3. The molecule has 31 heavy (non-hydrogen) atoms. The average molecular weight is 434 g/mol. The van der Waals surface area contributed by atoms with Gasteiger partial charge in [-0.1, -0.05) is 23.8 Å². The van der Waals surface area contributed by atoms with E-state index in [1.54, 1.807) is 17.0 Å². The highest BCUT2D eigenvalue weighted by atomic mass is 19.4. The van der Waals surface area contributed by atoms with E-state index in [0.717, 1.165) is 30.7 Å². The highest BCUT2D eigenvalue weighted by molar-refractivity contribution is 5.68. The number of halogens is 3. The number of ether oxygens (including phenoxy) is 2. The summed E-state index contributed by atoms with van der Waals surface area (Å²) < 4.78 is 48.9. The first-order valence-corrected chi connectivity index (χ1v) is 9.98. The molecule has 0 saturated carbocycles. The summed E-state index contributed by atoms with van der Waals surface area (Å²) in [5, 5.41) is 0. The predicted molar refractivity (Wildman–Crippen MR) is 111 cm³/mol. The molecule has 0 aliphatic carbocycles. The fourth-order valence-electron chi connectivity index (χ4n) is 3.08. The number of nitrogens with zero attached hydrogens (tertiary/aromatic N) is 2. The quantitative estimate of drug-likeness (QED) is 0.568. The van der Waals surface area contributed by atoms with Gasteiger partial charge in [0.15, 0.2) is 0 Å². The van der Waals surface area contributed by atoms with Gasteiger partial charge in [0.05, 0.1) is 5.56 Å². The Hall–Kier alpha value is -3.03. The van der Waals surface area contributed by atoms with Crippen LogP contribution in [-0.2, 0) is 10.9 Å². The summed E-state index contributed by atoms with van der Waals surface area (Å²) in [4.78, 5) is 17.6. The molecular weight excluding hydrogens is 409 g/mol. The average Bonchev–Trinajstić information content (AvgIpc) is 2.67. The number of pyridine rings is 1. The molecule has 1 aromatic carbocycles. The number of benzene rings is 1. The first kappa shape index (κ1) is 22.7. The number of rotatable bonds is 3. The number of aromatic nitrogens is 1. The number of carbonyl (C=O) groups is 1. The Balaban J connectivity index is 1.61. The van der Waals surface area contributed by atoms with Crippen LogP contribution in [0.15, 0.2) is 48.2 Å². The van der Waals surface area contributed by atoms with Crippen LogP contribution >= 0.6 is 0 Å². The van der Waals surface area contributed by atoms with E-state index in [1.807, 2.05) is 39.0 Å². The van der Waals surface area contributed by atoms with Gasteiger partial charge in [-0.2, -0.15) is 13.2 Å². The first-order chi connectivity index (χ1) is 14.5. The fraction of sp³-hybridized carbons (Fsp3) is 0.391. The van der Waals surface area contributed by atoms with Crippen molar-refractivity contribution in [3.8, 4) is 11.6 Å². The molecule has 5 nitrogen and oxygen atoms in total. The topological polar surface area (TPSA) is 51.7 Å². The highest BCUT2D eigenvalue weighted by Gasteiger charge is 2.30. The van der Waals surface area contributed by atoms with Crippen LogP contribution in [0.3, 0.4) is 0 Å². The minimum atomic E-state index is -4.43. The van der Waals surface area contributed by atoms with E-state index in [0.29, 0.717) is 18.8 Å². The van der Waals surface area contributed by atoms with Gasteiger partial charge in [-0.15, -0.1) is 0 Å². The zero-order valence-electron chi connectivity index (χ0n) is 17.7. The van der Waals surface area contributed by atoms with Gasteiger partial charge in [-0.25, -0.2) is 9.78 Å². The molecule has 0 radical (unpaired) electrons. The fourth-order valence-corrected chi connectivity index (χ4v) is 3.08. The molecule has 1 amide bonds. The molecule has 166 valence electrons. The molecule has 1 aliphatic rings. The van der Waals surface area contributed by atoms with Crippen molar-refractivity contribution in [3.05, 3.63) is 59.3 Å². The molecule has 0 spiro atoms. The largest absolute Gasteiger partial charge is 0.444 e. The van der Waals surface area contributed by atoms with Gasteiger partial charge in [0.25, 0.3) is 0 Å². The third-order valence-electron chi connectivity index (χ3n) is 4.57. The molecule has 0 bridgehead atoms. The van der Waals surface area contributed by atoms with Gasteiger partial charge in [0, 0.05) is 25.4 Å². The molecule has 3 rings (SSSR count). The van der Waals surface area contributed by atoms with Crippen molar-refractivity contribution in [1.29, 1.82) is 0 Å². The summed E-state index contributed by atoms with van der Waals surface area (Å²) in [5.74, 6) is 0.566. The third-order valence-corrected chi connectivity index (χ3v) is 4.57. The lowest BCUT2D eigenvalue weighted by atomic mass is 10.0. The Morgan fingerprint density at radius 3 is 2.39 bits per heavy atom. The predicted octanol–water partition coefficient (Wildman–Crippen LogP) is 6.31. The minimum Gasteiger partial charge on any atom is -0.444 e. The van der Waals surface area contributed by atoms with Crippen molar-refractivity contribution < 1.29 is 27.4 Å². The molecule has 0 N–H and O–H groups in total. The monoisotopic (exact) mass is 434 g/mol. The van der Waals surface area contributed by atoms with Crippen molar-refractivity contribution in [3.63, 3.8) is 0 Å². The van der Waals surface area contributed by atoms with Gasteiger partial charge in [0.1, 0.15) is 11.4 Å². The van der Waals surface area contributed by atoms with Crippen LogP contribution < -0.4 is 4.74 Å². The molecule has 2 heterocycles. The Kier molecular flexibility index (Phi) is 6.57. The van der Waals surface area contributed by atoms with Crippen LogP contribution in [0.25, 0.3) is 6.08 Å². The van der Waals surface area contributed by atoms with Crippen LogP contribution in [0.5, 0.6) is 11.6 Å². The van der Waals surface area contributed by atoms with Crippen LogP contribution in [0.4, 0.5) is 18.0 Å².